The minimum atomic E-state index is 0.0303. The quantitative estimate of drug-likeness (QED) is 0.439. The third-order valence-electron chi connectivity index (χ3n) is 8.21. The summed E-state index contributed by atoms with van der Waals surface area (Å²) in [6, 6.07) is 25.2. The Morgan fingerprint density at radius 3 is 2.18 bits per heavy atom. The largest absolute Gasteiger partial charge is 0.285 e. The first-order valence-corrected chi connectivity index (χ1v) is 12.7. The number of benzene rings is 3. The second-order valence-corrected chi connectivity index (χ2v) is 10.6. The van der Waals surface area contributed by atoms with Gasteiger partial charge in [-0.15, -0.1) is 0 Å². The van der Waals surface area contributed by atoms with E-state index in [-0.39, 0.29) is 17.7 Å². The van der Waals surface area contributed by atoms with Crippen molar-refractivity contribution in [3.63, 3.8) is 0 Å². The molecule has 2 aliphatic carbocycles. The van der Waals surface area contributed by atoms with E-state index in [1.165, 1.54) is 71.0 Å². The van der Waals surface area contributed by atoms with Crippen LogP contribution in [-0.2, 0) is 5.41 Å². The second kappa shape index (κ2) is 8.39. The van der Waals surface area contributed by atoms with Crippen LogP contribution in [0, 0.1) is 0 Å². The molecule has 33 heavy (non-hydrogen) atoms. The molecule has 3 aliphatic rings. The molecule has 2 atom stereocenters. The summed E-state index contributed by atoms with van der Waals surface area (Å²) < 4.78 is 0. The average molecular weight is 438 g/mol. The molecule has 0 amide bonds. The maximum absolute atomic E-state index is 3.83. The monoisotopic (exact) mass is 437 g/mol. The molecule has 1 saturated carbocycles. The van der Waals surface area contributed by atoms with Gasteiger partial charge in [-0.2, -0.15) is 0 Å². The van der Waals surface area contributed by atoms with E-state index in [1.54, 1.807) is 0 Å². The molecule has 2 unspecified atom stereocenters. The first-order chi connectivity index (χ1) is 16.1. The lowest BCUT2D eigenvalue weighted by molar-refractivity contribution is 0.267. The molecule has 3 aromatic rings. The zero-order chi connectivity index (χ0) is 22.4. The average Bonchev–Trinajstić information content (AvgIpc) is 3.11. The molecule has 3 nitrogen and oxygen atoms in total. The molecule has 0 aromatic heterocycles. The van der Waals surface area contributed by atoms with Gasteiger partial charge in [-0.1, -0.05) is 99.8 Å². The fourth-order valence-electron chi connectivity index (χ4n) is 6.31. The first-order valence-electron chi connectivity index (χ1n) is 12.7. The summed E-state index contributed by atoms with van der Waals surface area (Å²) in [6.07, 6.45) is 7.10. The Labute approximate surface area is 198 Å². The molecule has 1 aliphatic heterocycles. The van der Waals surface area contributed by atoms with Crippen molar-refractivity contribution in [2.45, 2.75) is 69.6 Å². The van der Waals surface area contributed by atoms with Crippen molar-refractivity contribution in [3.05, 3.63) is 94.5 Å². The zero-order valence-corrected chi connectivity index (χ0v) is 19.8. The summed E-state index contributed by atoms with van der Waals surface area (Å²) in [5.41, 5.74) is 9.83. The Morgan fingerprint density at radius 1 is 0.667 bits per heavy atom. The van der Waals surface area contributed by atoms with Crippen molar-refractivity contribution in [2.75, 3.05) is 6.67 Å². The van der Waals surface area contributed by atoms with Crippen LogP contribution in [0.2, 0.25) is 0 Å². The van der Waals surface area contributed by atoms with Crippen LogP contribution in [0.25, 0.3) is 11.1 Å². The fraction of sp³-hybridized carbons (Fsp3) is 0.400. The Kier molecular flexibility index (Phi) is 5.37. The van der Waals surface area contributed by atoms with Gasteiger partial charge in [-0.25, -0.2) is 0 Å². The number of nitrogens with one attached hydrogen (secondary N) is 3. The Hall–Kier alpha value is -2.46. The van der Waals surface area contributed by atoms with E-state index in [2.05, 4.69) is 96.5 Å². The van der Waals surface area contributed by atoms with E-state index < -0.39 is 0 Å². The molecule has 1 heterocycles. The molecule has 0 bridgehead atoms. The van der Waals surface area contributed by atoms with Crippen molar-refractivity contribution < 1.29 is 0 Å². The van der Waals surface area contributed by atoms with Crippen LogP contribution in [0.5, 0.6) is 0 Å². The highest BCUT2D eigenvalue weighted by atomic mass is 15.3. The topological polar surface area (TPSA) is 36.1 Å². The van der Waals surface area contributed by atoms with E-state index in [0.717, 1.165) is 12.6 Å². The summed E-state index contributed by atoms with van der Waals surface area (Å²) >= 11 is 0. The summed E-state index contributed by atoms with van der Waals surface area (Å²) in [5, 5.41) is 11.1. The molecule has 3 N–H and O–H groups in total. The number of hydrogen-bond donors (Lipinski definition) is 3. The van der Waals surface area contributed by atoms with Crippen LogP contribution in [0.1, 0.15) is 92.0 Å². The van der Waals surface area contributed by atoms with Gasteiger partial charge in [0.1, 0.15) is 0 Å². The Bertz CT molecular complexity index is 1160. The van der Waals surface area contributed by atoms with Crippen LogP contribution >= 0.6 is 0 Å². The Balaban J connectivity index is 1.26. The van der Waals surface area contributed by atoms with Crippen LogP contribution in [0.3, 0.4) is 0 Å². The molecule has 2 fully saturated rings. The summed E-state index contributed by atoms with van der Waals surface area (Å²) in [7, 11) is 0. The van der Waals surface area contributed by atoms with Crippen molar-refractivity contribution in [3.8, 4) is 11.1 Å². The lowest BCUT2D eigenvalue weighted by atomic mass is 9.82. The van der Waals surface area contributed by atoms with Gasteiger partial charge in [0, 0.05) is 12.1 Å². The smallest absolute Gasteiger partial charge is 0.0859 e. The standard InChI is InChI=1S/C30H35N3/c1-30(2)26-14-7-6-13-24(26)25-16-15-23(18-27(25)30)29-32-19-31-28(33-29)22-12-8-11-21(17-22)20-9-4-3-5-10-20/h6-8,11-18,20,28-29,31-33H,3-5,9-10,19H2,1-2H3. The van der Waals surface area contributed by atoms with Crippen LogP contribution in [0.15, 0.2) is 66.7 Å². The molecule has 6 rings (SSSR count). The van der Waals surface area contributed by atoms with Gasteiger partial charge in [0.15, 0.2) is 0 Å². The first kappa shape index (κ1) is 21.1. The number of fused-ring (bicyclic) bond motifs is 3. The predicted molar refractivity (Wildman–Crippen MR) is 136 cm³/mol. The molecule has 3 heteroatoms. The number of rotatable bonds is 3. The van der Waals surface area contributed by atoms with Gasteiger partial charge in [0.25, 0.3) is 0 Å². The van der Waals surface area contributed by atoms with Gasteiger partial charge in [-0.05, 0) is 57.7 Å². The van der Waals surface area contributed by atoms with Gasteiger partial charge < -0.3 is 0 Å². The van der Waals surface area contributed by atoms with Crippen LogP contribution < -0.4 is 16.0 Å². The van der Waals surface area contributed by atoms with E-state index >= 15 is 0 Å². The van der Waals surface area contributed by atoms with Gasteiger partial charge >= 0.3 is 0 Å². The van der Waals surface area contributed by atoms with Gasteiger partial charge in [0.05, 0.1) is 12.3 Å². The highest BCUT2D eigenvalue weighted by molar-refractivity contribution is 5.80. The molecular weight excluding hydrogens is 402 g/mol. The third-order valence-corrected chi connectivity index (χ3v) is 8.21. The molecular formula is C30H35N3. The van der Waals surface area contributed by atoms with E-state index in [1.807, 2.05) is 0 Å². The maximum atomic E-state index is 3.83. The summed E-state index contributed by atoms with van der Waals surface area (Å²) in [5.74, 6) is 0.733. The van der Waals surface area contributed by atoms with E-state index in [0.29, 0.717) is 0 Å². The zero-order valence-electron chi connectivity index (χ0n) is 19.8. The lowest BCUT2D eigenvalue weighted by Gasteiger charge is -2.35. The van der Waals surface area contributed by atoms with Crippen LogP contribution in [-0.4, -0.2) is 6.67 Å². The molecule has 0 radical (unpaired) electrons. The summed E-state index contributed by atoms with van der Waals surface area (Å²) in [6.45, 7) is 5.49. The van der Waals surface area contributed by atoms with Crippen molar-refractivity contribution >= 4 is 0 Å². The van der Waals surface area contributed by atoms with E-state index in [4.69, 9.17) is 0 Å². The lowest BCUT2D eigenvalue weighted by Crippen LogP contribution is -2.52. The Morgan fingerprint density at radius 2 is 1.36 bits per heavy atom. The molecule has 0 spiro atoms. The predicted octanol–water partition coefficient (Wildman–Crippen LogP) is 6.48. The van der Waals surface area contributed by atoms with Gasteiger partial charge in [0.2, 0.25) is 0 Å². The SMILES string of the molecule is CC1(C)c2ccccc2-c2ccc(C3NCNC(c4cccc(C5CCCCC5)c4)N3)cc21. The highest BCUT2D eigenvalue weighted by Crippen LogP contribution is 2.49. The van der Waals surface area contributed by atoms with Crippen molar-refractivity contribution in [1.29, 1.82) is 0 Å². The van der Waals surface area contributed by atoms with Crippen molar-refractivity contribution in [2.24, 2.45) is 0 Å². The minimum absolute atomic E-state index is 0.0303. The van der Waals surface area contributed by atoms with Crippen LogP contribution in [0.4, 0.5) is 0 Å². The second-order valence-electron chi connectivity index (χ2n) is 10.6. The highest BCUT2D eigenvalue weighted by Gasteiger charge is 2.36. The fourth-order valence-corrected chi connectivity index (χ4v) is 6.31. The number of hydrogen-bond acceptors (Lipinski definition) is 3. The normalized spacial score (nSPS) is 24.3. The third kappa shape index (κ3) is 3.73. The van der Waals surface area contributed by atoms with Gasteiger partial charge in [-0.3, -0.25) is 16.0 Å². The molecule has 1 saturated heterocycles. The maximum Gasteiger partial charge on any atom is 0.0859 e. The summed E-state index contributed by atoms with van der Waals surface area (Å²) in [4.78, 5) is 0. The minimum Gasteiger partial charge on any atom is -0.285 e. The van der Waals surface area contributed by atoms with Crippen molar-refractivity contribution in [1.82, 2.24) is 16.0 Å². The van der Waals surface area contributed by atoms with E-state index in [9.17, 15) is 0 Å². The molecule has 170 valence electrons. The molecule has 3 aromatic carbocycles.